The van der Waals surface area contributed by atoms with E-state index in [2.05, 4.69) is 114 Å². The van der Waals surface area contributed by atoms with E-state index in [1.807, 2.05) is 12.4 Å². The third-order valence-electron chi connectivity index (χ3n) is 7.79. The normalized spacial score (nSPS) is 21.4. The molecule has 0 N–H and O–H groups in total. The first-order valence-electron chi connectivity index (χ1n) is 11.5. The molecule has 0 atom stereocenters. The molecule has 5 rings (SSSR count). The zero-order valence-corrected chi connectivity index (χ0v) is 20.6. The second-order valence-corrected chi connectivity index (χ2v) is 11.2. The van der Waals surface area contributed by atoms with Crippen LogP contribution >= 0.6 is 0 Å². The van der Waals surface area contributed by atoms with Crippen LogP contribution < -0.4 is 9.80 Å². The maximum absolute atomic E-state index is 5.27. The van der Waals surface area contributed by atoms with Gasteiger partial charge in [0, 0.05) is 0 Å². The summed E-state index contributed by atoms with van der Waals surface area (Å²) < 4.78 is 0. The molecule has 0 amide bonds. The van der Waals surface area contributed by atoms with Crippen molar-refractivity contribution in [3.63, 3.8) is 0 Å². The Hall–Kier alpha value is -2.88. The fraction of sp³-hybridized carbons (Fsp3) is 0.429. The molecule has 32 heavy (non-hydrogen) atoms. The molecule has 0 unspecified atom stereocenters. The van der Waals surface area contributed by atoms with E-state index in [1.54, 1.807) is 0 Å². The van der Waals surface area contributed by atoms with Gasteiger partial charge in [-0.25, -0.2) is 4.98 Å². The summed E-state index contributed by atoms with van der Waals surface area (Å²) >= 11 is 0. The van der Waals surface area contributed by atoms with Gasteiger partial charge >= 0.3 is 0 Å². The van der Waals surface area contributed by atoms with E-state index in [0.29, 0.717) is 0 Å². The molecule has 2 aliphatic rings. The van der Waals surface area contributed by atoms with Crippen LogP contribution in [0.25, 0.3) is 0 Å². The maximum Gasteiger partial charge on any atom is 0.150 e. The molecule has 0 saturated carbocycles. The van der Waals surface area contributed by atoms with E-state index in [9.17, 15) is 0 Å². The van der Waals surface area contributed by atoms with E-state index in [1.165, 1.54) is 22.3 Å². The van der Waals surface area contributed by atoms with E-state index >= 15 is 0 Å². The van der Waals surface area contributed by atoms with Crippen LogP contribution in [-0.4, -0.2) is 9.97 Å². The Morgan fingerprint density at radius 3 is 1.06 bits per heavy atom. The monoisotopic (exact) mass is 426 g/mol. The fourth-order valence-corrected chi connectivity index (χ4v) is 6.69. The highest BCUT2D eigenvalue weighted by Gasteiger charge is 2.52. The summed E-state index contributed by atoms with van der Waals surface area (Å²) in [6.07, 6.45) is 3.84. The molecule has 3 aromatic rings. The molecule has 0 spiro atoms. The molecule has 4 heteroatoms. The average Bonchev–Trinajstić information content (AvgIpc) is 3.00. The van der Waals surface area contributed by atoms with E-state index < -0.39 is 0 Å². The zero-order chi connectivity index (χ0) is 23.1. The molecule has 3 heterocycles. The average molecular weight is 427 g/mol. The van der Waals surface area contributed by atoms with E-state index in [-0.39, 0.29) is 22.2 Å². The molecule has 1 aromatic heterocycles. The minimum absolute atomic E-state index is 0.188. The Morgan fingerprint density at radius 2 is 0.781 bits per heavy atom. The van der Waals surface area contributed by atoms with Crippen molar-refractivity contribution < 1.29 is 0 Å². The number of hydrogen-bond acceptors (Lipinski definition) is 4. The van der Waals surface area contributed by atoms with E-state index in [4.69, 9.17) is 9.97 Å². The lowest BCUT2D eigenvalue weighted by atomic mass is 9.91. The number of nitrogens with zero attached hydrogens (tertiary/aromatic N) is 4. The van der Waals surface area contributed by atoms with Crippen LogP contribution in [0.15, 0.2) is 60.9 Å². The second kappa shape index (κ2) is 6.34. The Bertz CT molecular complexity index is 1040. The summed E-state index contributed by atoms with van der Waals surface area (Å²) in [4.78, 5) is 14.9. The van der Waals surface area contributed by atoms with Crippen LogP contribution in [0.4, 0.5) is 11.6 Å². The number of anilines is 2. The maximum atomic E-state index is 5.27. The summed E-state index contributed by atoms with van der Waals surface area (Å²) in [5.74, 6) is 1.83. The first-order valence-corrected chi connectivity index (χ1v) is 11.5. The summed E-state index contributed by atoms with van der Waals surface area (Å²) in [5.41, 5.74) is 4.66. The third-order valence-corrected chi connectivity index (χ3v) is 7.79. The third kappa shape index (κ3) is 2.55. The number of hydrogen-bond donors (Lipinski definition) is 0. The SMILES string of the molecule is CC1(C)c2ccccc2C(C)(C)N1c1cncc(N2C(C)(C)c3ccccc3C2(C)C)n1. The van der Waals surface area contributed by atoms with Gasteiger partial charge < -0.3 is 9.80 Å². The molecule has 166 valence electrons. The molecule has 2 aliphatic heterocycles. The Kier molecular flexibility index (Phi) is 4.16. The van der Waals surface area contributed by atoms with Crippen molar-refractivity contribution in [2.45, 2.75) is 77.5 Å². The Balaban J connectivity index is 1.65. The van der Waals surface area contributed by atoms with Gasteiger partial charge in [-0.1, -0.05) is 48.5 Å². The van der Waals surface area contributed by atoms with Crippen molar-refractivity contribution in [2.75, 3.05) is 9.80 Å². The zero-order valence-electron chi connectivity index (χ0n) is 20.6. The van der Waals surface area contributed by atoms with Gasteiger partial charge in [-0.05, 0) is 77.6 Å². The molecular weight excluding hydrogens is 392 g/mol. The first-order chi connectivity index (χ1) is 14.9. The van der Waals surface area contributed by atoms with Crippen molar-refractivity contribution in [1.29, 1.82) is 0 Å². The lowest BCUT2D eigenvalue weighted by Gasteiger charge is -2.44. The number of aromatic nitrogens is 2. The van der Waals surface area contributed by atoms with Gasteiger partial charge in [0.2, 0.25) is 0 Å². The van der Waals surface area contributed by atoms with Gasteiger partial charge in [0.25, 0.3) is 0 Å². The van der Waals surface area contributed by atoms with Gasteiger partial charge in [0.15, 0.2) is 11.6 Å². The summed E-state index contributed by atoms with van der Waals surface area (Å²) in [7, 11) is 0. The van der Waals surface area contributed by atoms with Crippen LogP contribution in [0.3, 0.4) is 0 Å². The molecular formula is C28H34N4. The minimum atomic E-state index is -0.188. The molecule has 0 saturated heterocycles. The van der Waals surface area contributed by atoms with Crippen LogP contribution in [-0.2, 0) is 22.2 Å². The molecule has 0 fully saturated rings. The topological polar surface area (TPSA) is 32.3 Å². The van der Waals surface area contributed by atoms with Crippen LogP contribution in [0.2, 0.25) is 0 Å². The molecule has 0 aliphatic carbocycles. The summed E-state index contributed by atoms with van der Waals surface area (Å²) in [5, 5.41) is 0. The summed E-state index contributed by atoms with van der Waals surface area (Å²) in [6, 6.07) is 17.5. The van der Waals surface area contributed by atoms with Crippen LogP contribution in [0.1, 0.15) is 77.6 Å². The highest BCUT2D eigenvalue weighted by molar-refractivity contribution is 5.63. The van der Waals surface area contributed by atoms with Crippen molar-refractivity contribution in [3.05, 3.63) is 83.2 Å². The van der Waals surface area contributed by atoms with Gasteiger partial charge in [0.05, 0.1) is 34.5 Å². The number of fused-ring (bicyclic) bond motifs is 2. The predicted octanol–water partition coefficient (Wildman–Crippen LogP) is 6.46. The molecule has 2 aromatic carbocycles. The highest BCUT2D eigenvalue weighted by atomic mass is 15.4. The minimum Gasteiger partial charge on any atom is -0.337 e. The lowest BCUT2D eigenvalue weighted by Crippen LogP contribution is -2.48. The first kappa shape index (κ1) is 21.0. The largest absolute Gasteiger partial charge is 0.337 e. The van der Waals surface area contributed by atoms with Crippen molar-refractivity contribution in [1.82, 2.24) is 9.97 Å². The predicted molar refractivity (Wildman–Crippen MR) is 132 cm³/mol. The highest BCUT2D eigenvalue weighted by Crippen LogP contribution is 2.53. The molecule has 0 radical (unpaired) electrons. The van der Waals surface area contributed by atoms with Gasteiger partial charge in [-0.3, -0.25) is 4.98 Å². The van der Waals surface area contributed by atoms with Gasteiger partial charge in [0.1, 0.15) is 0 Å². The standard InChI is InChI=1S/C28H34N4/c1-25(2)19-13-9-10-14-20(19)26(3,4)31(25)23-17-29-18-24(30-23)32-27(5,6)21-15-11-12-16-22(21)28(32,7)8/h9-18H,1-8H3. The second-order valence-electron chi connectivity index (χ2n) is 11.2. The number of rotatable bonds is 2. The van der Waals surface area contributed by atoms with Crippen molar-refractivity contribution in [2.24, 2.45) is 0 Å². The Labute approximate surface area is 192 Å². The van der Waals surface area contributed by atoms with E-state index in [0.717, 1.165) is 11.6 Å². The fourth-order valence-electron chi connectivity index (χ4n) is 6.69. The van der Waals surface area contributed by atoms with Crippen LogP contribution in [0, 0.1) is 0 Å². The molecule has 0 bridgehead atoms. The van der Waals surface area contributed by atoms with Gasteiger partial charge in [-0.15, -0.1) is 0 Å². The van der Waals surface area contributed by atoms with Crippen LogP contribution in [0.5, 0.6) is 0 Å². The smallest absolute Gasteiger partial charge is 0.150 e. The Morgan fingerprint density at radius 1 is 0.500 bits per heavy atom. The quantitative estimate of drug-likeness (QED) is 0.471. The summed E-state index contributed by atoms with van der Waals surface area (Å²) in [6.45, 7) is 18.3. The number of benzene rings is 2. The van der Waals surface area contributed by atoms with Crippen molar-refractivity contribution >= 4 is 11.6 Å². The van der Waals surface area contributed by atoms with Gasteiger partial charge in [-0.2, -0.15) is 0 Å². The van der Waals surface area contributed by atoms with Crippen molar-refractivity contribution in [3.8, 4) is 0 Å². The lowest BCUT2D eigenvalue weighted by molar-refractivity contribution is 0.389. The molecule has 4 nitrogen and oxygen atoms in total.